The summed E-state index contributed by atoms with van der Waals surface area (Å²) < 4.78 is 24.9. The highest BCUT2D eigenvalue weighted by Crippen LogP contribution is 2.49. The zero-order chi connectivity index (χ0) is 16.2. The Bertz CT molecular complexity index is 657. The molecular formula is C18H23O3P. The zero-order valence-electron chi connectivity index (χ0n) is 13.6. The molecule has 4 heteroatoms. The smallest absolute Gasteiger partial charge is 0.410 e. The molecule has 0 N–H and O–H groups in total. The van der Waals surface area contributed by atoms with Crippen LogP contribution in [0.1, 0.15) is 30.0 Å². The van der Waals surface area contributed by atoms with E-state index >= 15 is 0 Å². The fraction of sp³-hybridized carbons (Fsp3) is 0.333. The van der Waals surface area contributed by atoms with Crippen molar-refractivity contribution in [3.05, 3.63) is 59.2 Å². The maximum absolute atomic E-state index is 13.3. The van der Waals surface area contributed by atoms with Gasteiger partial charge < -0.3 is 4.52 Å². The first-order valence-electron chi connectivity index (χ1n) is 7.54. The second kappa shape index (κ2) is 7.13. The van der Waals surface area contributed by atoms with E-state index < -0.39 is 7.60 Å². The van der Waals surface area contributed by atoms with Crippen molar-refractivity contribution in [2.45, 2.75) is 34.1 Å². The van der Waals surface area contributed by atoms with Gasteiger partial charge in [-0.3, -0.25) is 4.52 Å². The summed E-state index contributed by atoms with van der Waals surface area (Å²) in [5.74, 6) is 0.647. The van der Waals surface area contributed by atoms with Crippen molar-refractivity contribution >= 4 is 12.9 Å². The molecular weight excluding hydrogens is 295 g/mol. The van der Waals surface area contributed by atoms with Crippen molar-refractivity contribution in [3.63, 3.8) is 0 Å². The van der Waals surface area contributed by atoms with E-state index in [-0.39, 0.29) is 0 Å². The van der Waals surface area contributed by atoms with Crippen molar-refractivity contribution in [3.8, 4) is 5.75 Å². The number of hydrogen-bond acceptors (Lipinski definition) is 3. The molecule has 0 spiro atoms. The molecule has 0 aromatic heterocycles. The molecule has 3 nitrogen and oxygen atoms in total. The minimum absolute atomic E-state index is 0.399. The van der Waals surface area contributed by atoms with E-state index in [9.17, 15) is 4.57 Å². The summed E-state index contributed by atoms with van der Waals surface area (Å²) in [5, 5.41) is 0.586. The Balaban J connectivity index is 2.42. The predicted octanol–water partition coefficient (Wildman–Crippen LogP) is 4.94. The summed E-state index contributed by atoms with van der Waals surface area (Å²) in [6.45, 7) is 8.34. The number of benzene rings is 2. The van der Waals surface area contributed by atoms with Gasteiger partial charge in [0.25, 0.3) is 0 Å². The van der Waals surface area contributed by atoms with Gasteiger partial charge >= 0.3 is 7.60 Å². The molecule has 0 aliphatic carbocycles. The van der Waals surface area contributed by atoms with Gasteiger partial charge in [-0.05, 0) is 50.5 Å². The fourth-order valence-electron chi connectivity index (χ4n) is 2.41. The van der Waals surface area contributed by atoms with Crippen molar-refractivity contribution < 1.29 is 13.6 Å². The molecule has 2 rings (SSSR count). The van der Waals surface area contributed by atoms with Crippen LogP contribution in [-0.4, -0.2) is 6.61 Å². The van der Waals surface area contributed by atoms with Crippen LogP contribution >= 0.6 is 7.60 Å². The molecule has 0 aliphatic heterocycles. The van der Waals surface area contributed by atoms with Gasteiger partial charge in [0.2, 0.25) is 0 Å². The molecule has 0 aliphatic rings. The van der Waals surface area contributed by atoms with E-state index in [1.54, 1.807) is 12.1 Å². The van der Waals surface area contributed by atoms with E-state index in [1.807, 2.05) is 58.0 Å². The zero-order valence-corrected chi connectivity index (χ0v) is 14.5. The molecule has 2 aromatic carbocycles. The van der Waals surface area contributed by atoms with Gasteiger partial charge in [0.05, 0.1) is 11.9 Å². The first-order valence-corrected chi connectivity index (χ1v) is 9.08. The number of aryl methyl sites for hydroxylation is 3. The molecule has 1 atom stereocenters. The maximum atomic E-state index is 13.3. The van der Waals surface area contributed by atoms with Crippen LogP contribution in [0.3, 0.4) is 0 Å². The van der Waals surface area contributed by atoms with Gasteiger partial charge in [-0.25, -0.2) is 4.57 Å². The van der Waals surface area contributed by atoms with Crippen LogP contribution in [0.4, 0.5) is 0 Å². The van der Waals surface area contributed by atoms with E-state index in [0.29, 0.717) is 17.7 Å². The molecule has 1 unspecified atom stereocenters. The van der Waals surface area contributed by atoms with Gasteiger partial charge in [-0.2, -0.15) is 0 Å². The predicted molar refractivity (Wildman–Crippen MR) is 91.2 cm³/mol. The third kappa shape index (κ3) is 3.79. The minimum atomic E-state index is -3.38. The average molecular weight is 318 g/mol. The topological polar surface area (TPSA) is 35.5 Å². The SMILES string of the molecule is CCCOP(=O)(Oc1c(C)cc(C)cc1C)c1ccccc1. The van der Waals surface area contributed by atoms with Crippen LogP contribution in [0.5, 0.6) is 5.75 Å². The molecule has 0 saturated heterocycles. The lowest BCUT2D eigenvalue weighted by Crippen LogP contribution is -2.13. The van der Waals surface area contributed by atoms with Crippen LogP contribution < -0.4 is 9.83 Å². The second-order valence-electron chi connectivity index (χ2n) is 5.49. The second-order valence-corrected chi connectivity index (χ2v) is 7.44. The Labute approximate surface area is 132 Å². The Hall–Kier alpha value is -1.57. The lowest BCUT2D eigenvalue weighted by molar-refractivity contribution is 0.273. The normalized spacial score (nSPS) is 13.6. The minimum Gasteiger partial charge on any atom is -0.421 e. The monoisotopic (exact) mass is 318 g/mol. The largest absolute Gasteiger partial charge is 0.421 e. The molecule has 0 radical (unpaired) electrons. The quantitative estimate of drug-likeness (QED) is 0.708. The standard InChI is InChI=1S/C18H23O3P/c1-5-11-20-22(19,17-9-7-6-8-10-17)21-18-15(3)12-14(2)13-16(18)4/h6-10,12-13H,5,11H2,1-4H3. The molecule has 0 bridgehead atoms. The van der Waals surface area contributed by atoms with Gasteiger partial charge in [-0.1, -0.05) is 42.8 Å². The van der Waals surface area contributed by atoms with Gasteiger partial charge in [0.1, 0.15) is 5.75 Å². The van der Waals surface area contributed by atoms with E-state index in [1.165, 1.54) is 0 Å². The summed E-state index contributed by atoms with van der Waals surface area (Å²) in [6, 6.07) is 13.2. The Morgan fingerprint density at radius 2 is 1.59 bits per heavy atom. The molecule has 118 valence electrons. The van der Waals surface area contributed by atoms with Crippen molar-refractivity contribution in [1.82, 2.24) is 0 Å². The Kier molecular flexibility index (Phi) is 5.44. The summed E-state index contributed by atoms with van der Waals surface area (Å²) in [6.07, 6.45) is 0.784. The molecule has 0 amide bonds. The van der Waals surface area contributed by atoms with Gasteiger partial charge in [0, 0.05) is 0 Å². The fourth-order valence-corrected chi connectivity index (χ4v) is 4.20. The highest BCUT2D eigenvalue weighted by Gasteiger charge is 2.30. The summed E-state index contributed by atoms with van der Waals surface area (Å²) in [7, 11) is -3.38. The lowest BCUT2D eigenvalue weighted by Gasteiger charge is -2.22. The van der Waals surface area contributed by atoms with Crippen molar-refractivity contribution in [2.75, 3.05) is 6.61 Å². The van der Waals surface area contributed by atoms with Gasteiger partial charge in [-0.15, -0.1) is 0 Å². The third-order valence-electron chi connectivity index (χ3n) is 3.35. The molecule has 0 fully saturated rings. The van der Waals surface area contributed by atoms with Crippen LogP contribution in [0.2, 0.25) is 0 Å². The average Bonchev–Trinajstić information content (AvgIpc) is 2.50. The molecule has 0 saturated carbocycles. The van der Waals surface area contributed by atoms with Crippen LogP contribution in [0, 0.1) is 20.8 Å². The molecule has 0 heterocycles. The molecule has 22 heavy (non-hydrogen) atoms. The summed E-state index contributed by atoms with van der Waals surface area (Å²) >= 11 is 0. The van der Waals surface area contributed by atoms with Crippen LogP contribution in [0.15, 0.2) is 42.5 Å². The number of hydrogen-bond donors (Lipinski definition) is 0. The number of rotatable bonds is 6. The highest BCUT2D eigenvalue weighted by molar-refractivity contribution is 7.62. The Morgan fingerprint density at radius 3 is 2.14 bits per heavy atom. The van der Waals surface area contributed by atoms with Crippen LogP contribution in [0.25, 0.3) is 0 Å². The Morgan fingerprint density at radius 1 is 1.00 bits per heavy atom. The van der Waals surface area contributed by atoms with Crippen LogP contribution in [-0.2, 0) is 9.09 Å². The van der Waals surface area contributed by atoms with Gasteiger partial charge in [0.15, 0.2) is 0 Å². The molecule has 2 aromatic rings. The van der Waals surface area contributed by atoms with E-state index in [2.05, 4.69) is 0 Å². The highest BCUT2D eigenvalue weighted by atomic mass is 31.2. The lowest BCUT2D eigenvalue weighted by atomic mass is 10.1. The third-order valence-corrected chi connectivity index (χ3v) is 5.23. The van der Waals surface area contributed by atoms with E-state index in [4.69, 9.17) is 9.05 Å². The summed E-state index contributed by atoms with van der Waals surface area (Å²) in [4.78, 5) is 0. The first kappa shape index (κ1) is 16.8. The van der Waals surface area contributed by atoms with E-state index in [0.717, 1.165) is 23.1 Å². The van der Waals surface area contributed by atoms with Crippen molar-refractivity contribution in [2.24, 2.45) is 0 Å². The summed E-state index contributed by atoms with van der Waals surface area (Å²) in [5.41, 5.74) is 3.09. The first-order chi connectivity index (χ1) is 10.5. The maximum Gasteiger partial charge on any atom is 0.410 e. The van der Waals surface area contributed by atoms with Crippen molar-refractivity contribution in [1.29, 1.82) is 0 Å².